The number of benzene rings is 1. The van der Waals surface area contributed by atoms with Gasteiger partial charge in [0.25, 0.3) is 5.56 Å². The molecule has 0 unspecified atom stereocenters. The molecule has 0 aliphatic carbocycles. The highest BCUT2D eigenvalue weighted by molar-refractivity contribution is 7.92. The lowest BCUT2D eigenvalue weighted by atomic mass is 10.1. The van der Waals surface area contributed by atoms with E-state index in [-0.39, 0.29) is 44.2 Å². The lowest BCUT2D eigenvalue weighted by molar-refractivity contribution is -0.133. The van der Waals surface area contributed by atoms with Crippen molar-refractivity contribution < 1.29 is 13.2 Å². The monoisotopic (exact) mass is 441 g/mol. The molecule has 1 saturated heterocycles. The van der Waals surface area contributed by atoms with Crippen molar-refractivity contribution in [2.24, 2.45) is 0 Å². The Labute approximate surface area is 180 Å². The van der Waals surface area contributed by atoms with Crippen LogP contribution in [0.2, 0.25) is 0 Å². The van der Waals surface area contributed by atoms with Crippen LogP contribution in [0.3, 0.4) is 0 Å². The van der Waals surface area contributed by atoms with Crippen LogP contribution >= 0.6 is 0 Å². The molecule has 31 heavy (non-hydrogen) atoms. The average Bonchev–Trinajstić information content (AvgIpc) is 2.77. The Morgan fingerprint density at radius 3 is 2.42 bits per heavy atom. The number of piperazine rings is 1. The summed E-state index contributed by atoms with van der Waals surface area (Å²) in [6, 6.07) is 11.0. The van der Waals surface area contributed by atoms with Crippen LogP contribution in [0, 0.1) is 25.2 Å². The Kier molecular flexibility index (Phi) is 6.68. The summed E-state index contributed by atoms with van der Waals surface area (Å²) >= 11 is 0. The van der Waals surface area contributed by atoms with E-state index in [1.807, 2.05) is 36.4 Å². The second-order valence-electron chi connectivity index (χ2n) is 7.20. The Balaban J connectivity index is 1.64. The summed E-state index contributed by atoms with van der Waals surface area (Å²) in [7, 11) is -3.60. The normalized spacial score (nSPS) is 15.2. The van der Waals surface area contributed by atoms with Crippen LogP contribution in [-0.4, -0.2) is 59.5 Å². The van der Waals surface area contributed by atoms with Gasteiger partial charge in [-0.05, 0) is 31.1 Å². The minimum absolute atomic E-state index is 0.0265. The van der Waals surface area contributed by atoms with E-state index in [1.54, 1.807) is 13.8 Å². The molecule has 1 aliphatic heterocycles. The van der Waals surface area contributed by atoms with E-state index in [2.05, 4.69) is 5.10 Å². The van der Waals surface area contributed by atoms with E-state index in [4.69, 9.17) is 0 Å². The van der Waals surface area contributed by atoms with Gasteiger partial charge >= 0.3 is 0 Å². The molecule has 1 aromatic heterocycles. The number of rotatable bonds is 5. The van der Waals surface area contributed by atoms with Crippen molar-refractivity contribution in [3.8, 4) is 6.07 Å². The highest BCUT2D eigenvalue weighted by Gasteiger charge is 2.28. The number of carbonyl (C=O) groups excluding carboxylic acids is 1. The summed E-state index contributed by atoms with van der Waals surface area (Å²) in [5.41, 5.74) is 1.15. The molecule has 1 amide bonds. The smallest absolute Gasteiger partial charge is 0.285 e. The topological polar surface area (TPSA) is 116 Å². The van der Waals surface area contributed by atoms with E-state index >= 15 is 0 Å². The quantitative estimate of drug-likeness (QED) is 0.680. The van der Waals surface area contributed by atoms with Crippen LogP contribution in [0.25, 0.3) is 6.08 Å². The largest absolute Gasteiger partial charge is 0.338 e. The molecule has 1 aromatic carbocycles. The average molecular weight is 442 g/mol. The molecule has 2 heterocycles. The molecule has 2 aromatic rings. The van der Waals surface area contributed by atoms with Crippen molar-refractivity contribution in [2.45, 2.75) is 20.4 Å². The van der Waals surface area contributed by atoms with Gasteiger partial charge in [-0.2, -0.15) is 14.7 Å². The van der Waals surface area contributed by atoms with Crippen molar-refractivity contribution >= 4 is 22.0 Å². The van der Waals surface area contributed by atoms with Crippen molar-refractivity contribution in [3.05, 3.63) is 68.5 Å². The first-order valence-electron chi connectivity index (χ1n) is 9.72. The van der Waals surface area contributed by atoms with Crippen LogP contribution < -0.4 is 5.56 Å². The van der Waals surface area contributed by atoms with E-state index in [0.717, 1.165) is 10.2 Å². The number of carbonyl (C=O) groups is 1. The van der Waals surface area contributed by atoms with Gasteiger partial charge in [0.1, 0.15) is 18.2 Å². The molecular formula is C21H23N5O4S. The lowest BCUT2D eigenvalue weighted by Crippen LogP contribution is -2.51. The first-order chi connectivity index (χ1) is 14.7. The van der Waals surface area contributed by atoms with Gasteiger partial charge in [-0.25, -0.2) is 13.1 Å². The van der Waals surface area contributed by atoms with Gasteiger partial charge in [0.15, 0.2) is 0 Å². The fraction of sp³-hybridized carbons (Fsp3) is 0.333. The number of aryl methyl sites for hydroxylation is 1. The fourth-order valence-corrected chi connectivity index (χ4v) is 4.42. The number of nitrogens with zero attached hydrogens (tertiary/aromatic N) is 5. The zero-order valence-corrected chi connectivity index (χ0v) is 18.2. The predicted octanol–water partition coefficient (Wildman–Crippen LogP) is 0.877. The number of hydrogen-bond donors (Lipinski definition) is 0. The predicted molar refractivity (Wildman–Crippen MR) is 115 cm³/mol. The molecule has 9 nitrogen and oxygen atoms in total. The fourth-order valence-electron chi connectivity index (χ4n) is 3.25. The molecule has 0 bridgehead atoms. The van der Waals surface area contributed by atoms with Crippen LogP contribution in [0.15, 0.2) is 40.5 Å². The van der Waals surface area contributed by atoms with E-state index < -0.39 is 15.6 Å². The lowest BCUT2D eigenvalue weighted by Gasteiger charge is -2.33. The minimum atomic E-state index is -3.60. The molecule has 1 fully saturated rings. The van der Waals surface area contributed by atoms with Crippen LogP contribution in [0.5, 0.6) is 0 Å². The molecule has 0 atom stereocenters. The first kappa shape index (κ1) is 22.4. The van der Waals surface area contributed by atoms with E-state index in [9.17, 15) is 23.3 Å². The van der Waals surface area contributed by atoms with Gasteiger partial charge in [0, 0.05) is 31.6 Å². The first-order valence-corrected chi connectivity index (χ1v) is 11.2. The van der Waals surface area contributed by atoms with Gasteiger partial charge in [-0.1, -0.05) is 30.3 Å². The standard InChI is InChI=1S/C21H23N5O4S/c1-16-17(2)23-26(21(28)19(16)14-22)15-20(27)24-9-11-25(12-10-24)31(29,30)13-8-18-6-4-3-5-7-18/h3-8,13H,9-12,15H2,1-2H3/b13-8+. The van der Waals surface area contributed by atoms with Crippen LogP contribution in [0.1, 0.15) is 22.4 Å². The number of nitriles is 1. The molecule has 0 spiro atoms. The molecule has 10 heteroatoms. The SMILES string of the molecule is Cc1nn(CC(=O)N2CCN(S(=O)(=O)/C=C/c3ccccc3)CC2)c(=O)c(C#N)c1C. The maximum Gasteiger partial charge on any atom is 0.285 e. The van der Waals surface area contributed by atoms with E-state index in [1.165, 1.54) is 20.7 Å². The van der Waals surface area contributed by atoms with Crippen molar-refractivity contribution in [1.82, 2.24) is 19.0 Å². The van der Waals surface area contributed by atoms with E-state index in [0.29, 0.717) is 11.3 Å². The summed E-state index contributed by atoms with van der Waals surface area (Å²) in [6.07, 6.45) is 1.54. The van der Waals surface area contributed by atoms with Gasteiger partial charge in [-0.3, -0.25) is 9.59 Å². The Morgan fingerprint density at radius 2 is 1.81 bits per heavy atom. The maximum absolute atomic E-state index is 12.6. The van der Waals surface area contributed by atoms with Gasteiger partial charge < -0.3 is 4.90 Å². The van der Waals surface area contributed by atoms with Crippen molar-refractivity contribution in [2.75, 3.05) is 26.2 Å². The third-order valence-corrected chi connectivity index (χ3v) is 6.78. The third-order valence-electron chi connectivity index (χ3n) is 5.22. The highest BCUT2D eigenvalue weighted by Crippen LogP contribution is 2.12. The minimum Gasteiger partial charge on any atom is -0.338 e. The summed E-state index contributed by atoms with van der Waals surface area (Å²) in [4.78, 5) is 26.5. The molecule has 1 aliphatic rings. The zero-order chi connectivity index (χ0) is 22.6. The molecule has 0 N–H and O–H groups in total. The number of hydrogen-bond acceptors (Lipinski definition) is 6. The summed E-state index contributed by atoms with van der Waals surface area (Å²) in [5, 5.41) is 14.5. The number of amides is 1. The van der Waals surface area contributed by atoms with Crippen LogP contribution in [-0.2, 0) is 21.4 Å². The summed E-state index contributed by atoms with van der Waals surface area (Å²) < 4.78 is 27.4. The molecule has 0 saturated carbocycles. The zero-order valence-electron chi connectivity index (χ0n) is 17.4. The second kappa shape index (κ2) is 9.24. The molecular weight excluding hydrogens is 418 g/mol. The van der Waals surface area contributed by atoms with Gasteiger partial charge in [0.05, 0.1) is 5.69 Å². The Bertz CT molecular complexity index is 1200. The molecule has 3 rings (SSSR count). The van der Waals surface area contributed by atoms with Gasteiger partial charge in [0.2, 0.25) is 15.9 Å². The number of sulfonamides is 1. The second-order valence-corrected chi connectivity index (χ2v) is 9.02. The summed E-state index contributed by atoms with van der Waals surface area (Å²) in [5.74, 6) is -0.349. The highest BCUT2D eigenvalue weighted by atomic mass is 32.2. The summed E-state index contributed by atoms with van der Waals surface area (Å²) in [6.45, 7) is 3.75. The third kappa shape index (κ3) is 5.07. The number of aromatic nitrogens is 2. The van der Waals surface area contributed by atoms with Gasteiger partial charge in [-0.15, -0.1) is 0 Å². The molecule has 0 radical (unpaired) electrons. The van der Waals surface area contributed by atoms with Crippen molar-refractivity contribution in [3.63, 3.8) is 0 Å². The Morgan fingerprint density at radius 1 is 1.16 bits per heavy atom. The van der Waals surface area contributed by atoms with Crippen molar-refractivity contribution in [1.29, 1.82) is 5.26 Å². The Hall–Kier alpha value is -3.29. The molecule has 162 valence electrons. The van der Waals surface area contributed by atoms with Crippen LogP contribution in [0.4, 0.5) is 0 Å². The maximum atomic E-state index is 12.6.